The van der Waals surface area contributed by atoms with E-state index in [2.05, 4.69) is 9.78 Å². The van der Waals surface area contributed by atoms with Gasteiger partial charge < -0.3 is 5.11 Å². The maximum Gasteiger partial charge on any atom is 0.416 e. The molecule has 0 aliphatic carbocycles. The lowest BCUT2D eigenvalue weighted by atomic mass is 10.1. The van der Waals surface area contributed by atoms with Crippen molar-refractivity contribution in [3.8, 4) is 5.75 Å². The highest BCUT2D eigenvalue weighted by molar-refractivity contribution is 5.92. The topological polar surface area (TPSA) is 55.8 Å². The highest BCUT2D eigenvalue weighted by atomic mass is 19.4. The molecule has 88 valence electrons. The molecule has 1 rings (SSSR count). The van der Waals surface area contributed by atoms with Crippen LogP contribution in [-0.4, -0.2) is 18.2 Å². The largest absolute Gasteiger partial charge is 0.507 e. The fourth-order valence-corrected chi connectivity index (χ4v) is 0.996. The number of phenols is 1. The summed E-state index contributed by atoms with van der Waals surface area (Å²) >= 11 is 0. The molecule has 0 atom stereocenters. The van der Waals surface area contributed by atoms with Crippen molar-refractivity contribution in [2.75, 3.05) is 7.11 Å². The molecule has 0 saturated heterocycles. The summed E-state index contributed by atoms with van der Waals surface area (Å²) < 4.78 is 36.9. The van der Waals surface area contributed by atoms with E-state index in [1.54, 1.807) is 0 Å². The molecule has 7 heteroatoms. The molecule has 0 aliphatic heterocycles. The van der Waals surface area contributed by atoms with Crippen molar-refractivity contribution >= 4 is 5.97 Å². The fourth-order valence-electron chi connectivity index (χ4n) is 0.996. The Balaban J connectivity index is 3.14. The molecule has 0 fully saturated rings. The fraction of sp³-hybridized carbons (Fsp3) is 0.222. The Morgan fingerprint density at radius 3 is 2.50 bits per heavy atom. The summed E-state index contributed by atoms with van der Waals surface area (Å²) in [5, 5.41) is 9.17. The standard InChI is InChI=1S/C9H7F3O4/c1-15-16-8(14)6-4-5(9(10,11)12)2-3-7(6)13/h2-4,13H,1H3. The van der Waals surface area contributed by atoms with Gasteiger partial charge in [-0.15, -0.1) is 0 Å². The maximum absolute atomic E-state index is 12.3. The Kier molecular flexibility index (Phi) is 3.38. The van der Waals surface area contributed by atoms with Gasteiger partial charge in [0.1, 0.15) is 11.3 Å². The summed E-state index contributed by atoms with van der Waals surface area (Å²) in [6.45, 7) is 0. The molecule has 1 aromatic rings. The zero-order valence-electron chi connectivity index (χ0n) is 8.04. The van der Waals surface area contributed by atoms with Crippen LogP contribution < -0.4 is 0 Å². The molecular formula is C9H7F3O4. The van der Waals surface area contributed by atoms with Crippen LogP contribution in [0, 0.1) is 0 Å². The molecule has 0 unspecified atom stereocenters. The minimum absolute atomic E-state index is 0.483. The van der Waals surface area contributed by atoms with Crippen LogP contribution in [0.4, 0.5) is 13.2 Å². The zero-order valence-corrected chi connectivity index (χ0v) is 8.04. The van der Waals surface area contributed by atoms with Gasteiger partial charge in [0.25, 0.3) is 0 Å². The van der Waals surface area contributed by atoms with Gasteiger partial charge >= 0.3 is 12.1 Å². The lowest BCUT2D eigenvalue weighted by Gasteiger charge is -2.08. The Morgan fingerprint density at radius 1 is 1.38 bits per heavy atom. The van der Waals surface area contributed by atoms with Crippen LogP contribution >= 0.6 is 0 Å². The van der Waals surface area contributed by atoms with E-state index in [9.17, 15) is 23.1 Å². The second kappa shape index (κ2) is 4.40. The minimum Gasteiger partial charge on any atom is -0.507 e. The van der Waals surface area contributed by atoms with Gasteiger partial charge in [0.2, 0.25) is 0 Å². The third kappa shape index (κ3) is 2.63. The van der Waals surface area contributed by atoms with Crippen molar-refractivity contribution < 1.29 is 32.8 Å². The average Bonchev–Trinajstić information content (AvgIpc) is 2.16. The highest BCUT2D eigenvalue weighted by Gasteiger charge is 2.32. The van der Waals surface area contributed by atoms with Crippen LogP contribution in [0.2, 0.25) is 0 Å². The lowest BCUT2D eigenvalue weighted by Crippen LogP contribution is -2.09. The Morgan fingerprint density at radius 2 is 2.00 bits per heavy atom. The summed E-state index contributed by atoms with van der Waals surface area (Å²) in [6.07, 6.45) is -4.60. The SMILES string of the molecule is COOC(=O)c1cc(C(F)(F)F)ccc1O. The normalized spacial score (nSPS) is 11.2. The van der Waals surface area contributed by atoms with E-state index in [1.165, 1.54) is 0 Å². The molecule has 1 aromatic carbocycles. The van der Waals surface area contributed by atoms with E-state index < -0.39 is 29.0 Å². The van der Waals surface area contributed by atoms with E-state index in [0.717, 1.165) is 13.2 Å². The van der Waals surface area contributed by atoms with E-state index >= 15 is 0 Å². The first-order valence-electron chi connectivity index (χ1n) is 4.01. The third-order valence-electron chi connectivity index (χ3n) is 1.70. The van der Waals surface area contributed by atoms with Crippen molar-refractivity contribution in [3.63, 3.8) is 0 Å². The zero-order chi connectivity index (χ0) is 12.3. The number of aromatic hydroxyl groups is 1. The van der Waals surface area contributed by atoms with Gasteiger partial charge in [0, 0.05) is 0 Å². The Labute approximate surface area is 88.1 Å². The van der Waals surface area contributed by atoms with Crippen LogP contribution in [0.3, 0.4) is 0 Å². The molecule has 1 N–H and O–H groups in total. The van der Waals surface area contributed by atoms with E-state index in [1.807, 2.05) is 0 Å². The smallest absolute Gasteiger partial charge is 0.416 e. The van der Waals surface area contributed by atoms with E-state index in [4.69, 9.17) is 0 Å². The molecule has 16 heavy (non-hydrogen) atoms. The number of alkyl halides is 3. The molecule has 4 nitrogen and oxygen atoms in total. The van der Waals surface area contributed by atoms with Crippen molar-refractivity contribution in [1.82, 2.24) is 0 Å². The lowest BCUT2D eigenvalue weighted by molar-refractivity contribution is -0.216. The van der Waals surface area contributed by atoms with Gasteiger partial charge in [-0.2, -0.15) is 18.1 Å². The molecule has 0 amide bonds. The molecule has 0 bridgehead atoms. The number of halogens is 3. The molecule has 0 spiro atoms. The van der Waals surface area contributed by atoms with Gasteiger partial charge in [-0.3, -0.25) is 4.89 Å². The van der Waals surface area contributed by atoms with Crippen molar-refractivity contribution in [2.45, 2.75) is 6.18 Å². The first kappa shape index (κ1) is 12.3. The summed E-state index contributed by atoms with van der Waals surface area (Å²) in [5.41, 5.74) is -1.68. The van der Waals surface area contributed by atoms with Crippen molar-refractivity contribution in [1.29, 1.82) is 0 Å². The Bertz CT molecular complexity index is 400. The molecule has 0 radical (unpaired) electrons. The van der Waals surface area contributed by atoms with Crippen LogP contribution in [0.5, 0.6) is 5.75 Å². The second-order valence-corrected chi connectivity index (χ2v) is 2.77. The summed E-state index contributed by atoms with van der Waals surface area (Å²) in [5.74, 6) is -1.82. The Hall–Kier alpha value is -1.76. The number of benzene rings is 1. The van der Waals surface area contributed by atoms with Crippen molar-refractivity contribution in [2.24, 2.45) is 0 Å². The first-order valence-corrected chi connectivity index (χ1v) is 4.01. The highest BCUT2D eigenvalue weighted by Crippen LogP contribution is 2.32. The molecule has 0 aromatic heterocycles. The average molecular weight is 236 g/mol. The molecule has 0 saturated carbocycles. The van der Waals surface area contributed by atoms with Gasteiger partial charge in [0.05, 0.1) is 12.7 Å². The molecule has 0 heterocycles. The van der Waals surface area contributed by atoms with Crippen LogP contribution in [-0.2, 0) is 16.0 Å². The predicted molar refractivity (Wildman–Crippen MR) is 45.5 cm³/mol. The number of rotatable bonds is 2. The number of carbonyl (C=O) groups excluding carboxylic acids is 1. The molecule has 0 aliphatic rings. The second-order valence-electron chi connectivity index (χ2n) is 2.77. The molecular weight excluding hydrogens is 229 g/mol. The van der Waals surface area contributed by atoms with Crippen molar-refractivity contribution in [3.05, 3.63) is 29.3 Å². The summed E-state index contributed by atoms with van der Waals surface area (Å²) in [7, 11) is 1.02. The van der Waals surface area contributed by atoms with Gasteiger partial charge in [-0.25, -0.2) is 4.79 Å². The monoisotopic (exact) mass is 236 g/mol. The predicted octanol–water partition coefficient (Wildman–Crippen LogP) is 2.13. The van der Waals surface area contributed by atoms with Crippen LogP contribution in [0.1, 0.15) is 15.9 Å². The van der Waals surface area contributed by atoms with Crippen LogP contribution in [0.25, 0.3) is 0 Å². The number of phenolic OH excluding ortho intramolecular Hbond substituents is 1. The van der Waals surface area contributed by atoms with E-state index in [-0.39, 0.29) is 0 Å². The summed E-state index contributed by atoms with van der Waals surface area (Å²) in [4.78, 5) is 19.1. The first-order chi connectivity index (χ1) is 7.36. The number of hydrogen-bond donors (Lipinski definition) is 1. The third-order valence-corrected chi connectivity index (χ3v) is 1.70. The van der Waals surface area contributed by atoms with E-state index in [0.29, 0.717) is 12.1 Å². The number of hydrogen-bond acceptors (Lipinski definition) is 4. The summed E-state index contributed by atoms with van der Waals surface area (Å²) in [6, 6.07) is 1.89. The van der Waals surface area contributed by atoms with Crippen LogP contribution in [0.15, 0.2) is 18.2 Å². The quantitative estimate of drug-likeness (QED) is 0.631. The minimum atomic E-state index is -4.60. The number of carbonyl (C=O) groups is 1. The van der Waals surface area contributed by atoms with Gasteiger partial charge in [-0.05, 0) is 18.2 Å². The maximum atomic E-state index is 12.3. The van der Waals surface area contributed by atoms with Gasteiger partial charge in [0.15, 0.2) is 0 Å². The van der Waals surface area contributed by atoms with Gasteiger partial charge in [-0.1, -0.05) is 0 Å².